The molecule has 0 unspecified atom stereocenters. The van der Waals surface area contributed by atoms with Gasteiger partial charge in [0.1, 0.15) is 5.75 Å². The third-order valence-electron chi connectivity index (χ3n) is 4.74. The number of thiazole rings is 1. The summed E-state index contributed by atoms with van der Waals surface area (Å²) >= 11 is 7.53. The number of amides is 1. The quantitative estimate of drug-likeness (QED) is 0.566. The fourth-order valence-corrected chi connectivity index (χ4v) is 4.27. The van der Waals surface area contributed by atoms with Gasteiger partial charge in [-0.1, -0.05) is 23.7 Å². The number of rotatable bonds is 6. The lowest BCUT2D eigenvalue weighted by Gasteiger charge is -2.25. The predicted octanol–water partition coefficient (Wildman–Crippen LogP) is 5.47. The Balaban J connectivity index is 1.37. The highest BCUT2D eigenvalue weighted by Gasteiger charge is 2.15. The molecule has 2 heterocycles. The van der Waals surface area contributed by atoms with E-state index in [-0.39, 0.29) is 12.5 Å². The number of nitrogens with zero attached hydrogens (tertiary/aromatic N) is 2. The van der Waals surface area contributed by atoms with E-state index in [1.807, 2.05) is 24.3 Å². The van der Waals surface area contributed by atoms with Crippen molar-refractivity contribution in [2.75, 3.05) is 29.9 Å². The summed E-state index contributed by atoms with van der Waals surface area (Å²) in [5.74, 6) is 0.385. The van der Waals surface area contributed by atoms with Gasteiger partial charge in [0.2, 0.25) is 0 Å². The number of benzene rings is 2. The van der Waals surface area contributed by atoms with Crippen molar-refractivity contribution in [2.45, 2.75) is 19.3 Å². The number of ether oxygens (including phenoxy) is 1. The van der Waals surface area contributed by atoms with Gasteiger partial charge in [-0.3, -0.25) is 4.79 Å². The van der Waals surface area contributed by atoms with Crippen LogP contribution in [0.5, 0.6) is 5.75 Å². The van der Waals surface area contributed by atoms with Gasteiger partial charge in [0, 0.05) is 34.7 Å². The van der Waals surface area contributed by atoms with Crippen LogP contribution in [0, 0.1) is 0 Å². The van der Waals surface area contributed by atoms with Gasteiger partial charge in [0.25, 0.3) is 5.91 Å². The molecule has 0 radical (unpaired) electrons. The van der Waals surface area contributed by atoms with Gasteiger partial charge in [0.05, 0.1) is 5.69 Å². The molecule has 1 saturated heterocycles. The second-order valence-corrected chi connectivity index (χ2v) is 8.21. The van der Waals surface area contributed by atoms with E-state index in [9.17, 15) is 4.79 Å². The first-order valence-electron chi connectivity index (χ1n) is 9.66. The third kappa shape index (κ3) is 5.28. The average Bonchev–Trinajstić information content (AvgIpc) is 3.25. The lowest BCUT2D eigenvalue weighted by molar-refractivity contribution is -0.118. The Hall–Kier alpha value is -2.57. The Morgan fingerprint density at radius 2 is 1.93 bits per heavy atom. The van der Waals surface area contributed by atoms with Gasteiger partial charge >= 0.3 is 0 Å². The van der Waals surface area contributed by atoms with Crippen molar-refractivity contribution in [1.29, 1.82) is 0 Å². The first-order chi connectivity index (χ1) is 14.2. The van der Waals surface area contributed by atoms with Crippen LogP contribution in [-0.4, -0.2) is 30.6 Å². The van der Waals surface area contributed by atoms with E-state index in [0.29, 0.717) is 10.8 Å². The SMILES string of the molecule is O=C(COc1ccc(Cl)cc1)Nc1cccc(-c2csc(N3CCCCC3)n2)c1. The van der Waals surface area contributed by atoms with E-state index in [1.165, 1.54) is 19.3 Å². The summed E-state index contributed by atoms with van der Waals surface area (Å²) in [7, 11) is 0. The Bertz CT molecular complexity index is 968. The van der Waals surface area contributed by atoms with Crippen molar-refractivity contribution >= 4 is 39.7 Å². The van der Waals surface area contributed by atoms with Crippen LogP contribution in [0.2, 0.25) is 5.02 Å². The van der Waals surface area contributed by atoms with Gasteiger partial charge < -0.3 is 15.0 Å². The molecule has 4 rings (SSSR count). The maximum atomic E-state index is 12.2. The second-order valence-electron chi connectivity index (χ2n) is 6.93. The lowest BCUT2D eigenvalue weighted by Crippen LogP contribution is -2.29. The Morgan fingerprint density at radius 3 is 2.72 bits per heavy atom. The first kappa shape index (κ1) is 19.7. The number of anilines is 2. The summed E-state index contributed by atoms with van der Waals surface area (Å²) in [6, 6.07) is 14.7. The van der Waals surface area contributed by atoms with Crippen LogP contribution in [-0.2, 0) is 4.79 Å². The molecule has 0 atom stereocenters. The highest BCUT2D eigenvalue weighted by Crippen LogP contribution is 2.30. The molecule has 1 fully saturated rings. The molecule has 0 bridgehead atoms. The monoisotopic (exact) mass is 427 g/mol. The molecule has 150 valence electrons. The van der Waals surface area contributed by atoms with E-state index < -0.39 is 0 Å². The lowest BCUT2D eigenvalue weighted by atomic mass is 10.1. The molecule has 1 amide bonds. The predicted molar refractivity (Wildman–Crippen MR) is 119 cm³/mol. The molecule has 1 N–H and O–H groups in total. The molecule has 2 aromatic carbocycles. The van der Waals surface area contributed by atoms with Gasteiger partial charge in [-0.05, 0) is 55.7 Å². The molecule has 7 heteroatoms. The van der Waals surface area contributed by atoms with Gasteiger partial charge in [0.15, 0.2) is 11.7 Å². The maximum absolute atomic E-state index is 12.2. The molecule has 1 aromatic heterocycles. The Morgan fingerprint density at radius 1 is 1.14 bits per heavy atom. The highest BCUT2D eigenvalue weighted by atomic mass is 35.5. The minimum Gasteiger partial charge on any atom is -0.484 e. The van der Waals surface area contributed by atoms with Crippen molar-refractivity contribution in [1.82, 2.24) is 4.98 Å². The van der Waals surface area contributed by atoms with Crippen LogP contribution in [0.15, 0.2) is 53.9 Å². The molecule has 0 spiro atoms. The molecule has 0 saturated carbocycles. The fourth-order valence-electron chi connectivity index (χ4n) is 3.26. The van der Waals surface area contributed by atoms with E-state index in [2.05, 4.69) is 15.6 Å². The molecular weight excluding hydrogens is 406 g/mol. The van der Waals surface area contributed by atoms with Crippen LogP contribution in [0.25, 0.3) is 11.3 Å². The fraction of sp³-hybridized carbons (Fsp3) is 0.273. The summed E-state index contributed by atoms with van der Waals surface area (Å²) in [5, 5.41) is 6.66. The summed E-state index contributed by atoms with van der Waals surface area (Å²) in [6.45, 7) is 2.09. The molecule has 0 aliphatic carbocycles. The minimum absolute atomic E-state index is 0.0678. The normalized spacial score (nSPS) is 13.9. The average molecular weight is 428 g/mol. The van der Waals surface area contributed by atoms with Crippen molar-refractivity contribution < 1.29 is 9.53 Å². The van der Waals surface area contributed by atoms with Crippen molar-refractivity contribution in [3.8, 4) is 17.0 Å². The number of nitrogens with one attached hydrogen (secondary N) is 1. The van der Waals surface area contributed by atoms with Crippen molar-refractivity contribution in [3.05, 3.63) is 58.9 Å². The molecule has 5 nitrogen and oxygen atoms in total. The standard InChI is InChI=1S/C22H22ClN3O2S/c23-17-7-9-19(10-8-17)28-14-21(27)24-18-6-4-5-16(13-18)20-15-29-22(25-20)26-11-2-1-3-12-26/h4-10,13,15H,1-3,11-12,14H2,(H,24,27). The summed E-state index contributed by atoms with van der Waals surface area (Å²) in [4.78, 5) is 19.4. The van der Waals surface area contributed by atoms with Crippen LogP contribution >= 0.6 is 22.9 Å². The van der Waals surface area contributed by atoms with Crippen LogP contribution < -0.4 is 15.0 Å². The van der Waals surface area contributed by atoms with Gasteiger partial charge in [-0.25, -0.2) is 4.98 Å². The zero-order chi connectivity index (χ0) is 20.1. The third-order valence-corrected chi connectivity index (χ3v) is 5.90. The second kappa shape index (κ2) is 9.29. The van der Waals surface area contributed by atoms with Crippen LogP contribution in [0.4, 0.5) is 10.8 Å². The zero-order valence-corrected chi connectivity index (χ0v) is 17.5. The number of halogens is 1. The summed E-state index contributed by atoms with van der Waals surface area (Å²) in [6.07, 6.45) is 3.77. The van der Waals surface area contributed by atoms with E-state index >= 15 is 0 Å². The zero-order valence-electron chi connectivity index (χ0n) is 15.9. The molecule has 1 aliphatic rings. The topological polar surface area (TPSA) is 54.5 Å². The number of hydrogen-bond acceptors (Lipinski definition) is 5. The van der Waals surface area contributed by atoms with Crippen LogP contribution in [0.3, 0.4) is 0 Å². The Labute approximate surface area is 179 Å². The Kier molecular flexibility index (Phi) is 6.32. The minimum atomic E-state index is -0.218. The summed E-state index contributed by atoms with van der Waals surface area (Å²) < 4.78 is 5.49. The van der Waals surface area contributed by atoms with Crippen molar-refractivity contribution in [2.24, 2.45) is 0 Å². The summed E-state index contributed by atoms with van der Waals surface area (Å²) in [5.41, 5.74) is 2.64. The largest absolute Gasteiger partial charge is 0.484 e. The smallest absolute Gasteiger partial charge is 0.262 e. The number of piperidine rings is 1. The molecule has 1 aliphatic heterocycles. The van der Waals surface area contributed by atoms with Crippen LogP contribution in [0.1, 0.15) is 19.3 Å². The molecular formula is C22H22ClN3O2S. The van der Waals surface area contributed by atoms with Gasteiger partial charge in [-0.15, -0.1) is 11.3 Å². The van der Waals surface area contributed by atoms with E-state index in [4.69, 9.17) is 21.3 Å². The highest BCUT2D eigenvalue weighted by molar-refractivity contribution is 7.14. The number of carbonyl (C=O) groups excluding carboxylic acids is 1. The number of hydrogen-bond donors (Lipinski definition) is 1. The van der Waals surface area contributed by atoms with Crippen molar-refractivity contribution in [3.63, 3.8) is 0 Å². The van der Waals surface area contributed by atoms with E-state index in [1.54, 1.807) is 35.6 Å². The number of aromatic nitrogens is 1. The number of carbonyl (C=O) groups is 1. The van der Waals surface area contributed by atoms with E-state index in [0.717, 1.165) is 35.2 Å². The molecule has 29 heavy (non-hydrogen) atoms. The molecule has 3 aromatic rings. The first-order valence-corrected chi connectivity index (χ1v) is 10.9. The maximum Gasteiger partial charge on any atom is 0.262 e. The van der Waals surface area contributed by atoms with Gasteiger partial charge in [-0.2, -0.15) is 0 Å².